The Balaban J connectivity index is 2.45. The minimum atomic E-state index is -0.949. The van der Waals surface area contributed by atoms with Crippen LogP contribution in [0.15, 0.2) is 36.7 Å². The lowest BCUT2D eigenvalue weighted by Gasteiger charge is -2.04. The molecule has 86 valence electrons. The van der Waals surface area contributed by atoms with E-state index in [0.29, 0.717) is 11.5 Å². The molecule has 1 heterocycles. The fraction of sp³-hybridized carbons (Fsp3) is 0.0833. The van der Waals surface area contributed by atoms with Crippen LogP contribution in [0.4, 0.5) is 5.82 Å². The molecule has 0 saturated heterocycles. The highest BCUT2D eigenvalue weighted by Crippen LogP contribution is 2.19. The second-order valence-corrected chi connectivity index (χ2v) is 3.42. The van der Waals surface area contributed by atoms with Crippen molar-refractivity contribution in [1.82, 2.24) is 9.97 Å². The average molecular weight is 229 g/mol. The number of benzene rings is 1. The van der Waals surface area contributed by atoms with E-state index in [-0.39, 0.29) is 5.56 Å². The molecule has 1 aromatic heterocycles. The van der Waals surface area contributed by atoms with Gasteiger partial charge in [0.2, 0.25) is 0 Å². The molecule has 1 aromatic carbocycles. The fourth-order valence-electron chi connectivity index (χ4n) is 1.46. The Hall–Kier alpha value is -2.43. The molecule has 5 heteroatoms. The number of nitrogens with one attached hydrogen (secondary N) is 1. The van der Waals surface area contributed by atoms with Crippen LogP contribution in [0.25, 0.3) is 11.3 Å². The van der Waals surface area contributed by atoms with Crippen molar-refractivity contribution in [3.63, 3.8) is 0 Å². The van der Waals surface area contributed by atoms with Crippen LogP contribution < -0.4 is 5.32 Å². The van der Waals surface area contributed by atoms with Gasteiger partial charge in [-0.05, 0) is 12.1 Å². The molecule has 0 aliphatic heterocycles. The van der Waals surface area contributed by atoms with Gasteiger partial charge in [-0.15, -0.1) is 0 Å². The van der Waals surface area contributed by atoms with Gasteiger partial charge in [0.15, 0.2) is 0 Å². The Kier molecular flexibility index (Phi) is 3.00. The molecule has 0 fully saturated rings. The van der Waals surface area contributed by atoms with Crippen LogP contribution in [-0.2, 0) is 0 Å². The zero-order valence-electron chi connectivity index (χ0n) is 9.21. The van der Waals surface area contributed by atoms with E-state index < -0.39 is 5.97 Å². The third-order valence-electron chi connectivity index (χ3n) is 2.33. The summed E-state index contributed by atoms with van der Waals surface area (Å²) < 4.78 is 0. The first-order valence-electron chi connectivity index (χ1n) is 5.04. The van der Waals surface area contributed by atoms with Crippen LogP contribution in [0, 0.1) is 0 Å². The maximum Gasteiger partial charge on any atom is 0.335 e. The number of rotatable bonds is 3. The van der Waals surface area contributed by atoms with Crippen molar-refractivity contribution >= 4 is 11.8 Å². The Morgan fingerprint density at radius 3 is 2.82 bits per heavy atom. The van der Waals surface area contributed by atoms with E-state index in [1.54, 1.807) is 31.3 Å². The Bertz CT molecular complexity index is 555. The van der Waals surface area contributed by atoms with Crippen molar-refractivity contribution in [2.24, 2.45) is 0 Å². The Morgan fingerprint density at radius 2 is 2.12 bits per heavy atom. The van der Waals surface area contributed by atoms with Gasteiger partial charge >= 0.3 is 5.97 Å². The monoisotopic (exact) mass is 229 g/mol. The molecule has 0 spiro atoms. The first kappa shape index (κ1) is 11.1. The molecule has 2 N–H and O–H groups in total. The summed E-state index contributed by atoms with van der Waals surface area (Å²) in [6.45, 7) is 0. The van der Waals surface area contributed by atoms with Crippen molar-refractivity contribution in [2.45, 2.75) is 0 Å². The minimum Gasteiger partial charge on any atom is -0.478 e. The first-order chi connectivity index (χ1) is 8.20. The number of hydrogen-bond donors (Lipinski definition) is 2. The summed E-state index contributed by atoms with van der Waals surface area (Å²) in [5, 5.41) is 11.8. The van der Waals surface area contributed by atoms with Crippen LogP contribution in [0.2, 0.25) is 0 Å². The van der Waals surface area contributed by atoms with Crippen molar-refractivity contribution in [3.05, 3.63) is 42.2 Å². The second kappa shape index (κ2) is 4.61. The molecule has 0 radical (unpaired) electrons. The van der Waals surface area contributed by atoms with Gasteiger partial charge in [-0.25, -0.2) is 14.8 Å². The van der Waals surface area contributed by atoms with Crippen molar-refractivity contribution in [3.8, 4) is 11.3 Å². The Labute approximate surface area is 98.2 Å². The number of carbonyl (C=O) groups is 1. The van der Waals surface area contributed by atoms with E-state index in [9.17, 15) is 4.79 Å². The number of aromatic carboxylic acids is 1. The van der Waals surface area contributed by atoms with E-state index >= 15 is 0 Å². The highest BCUT2D eigenvalue weighted by Gasteiger charge is 2.06. The molecule has 0 aliphatic rings. The normalized spacial score (nSPS) is 9.94. The third kappa shape index (κ3) is 2.39. The molecule has 0 bridgehead atoms. The number of hydrogen-bond acceptors (Lipinski definition) is 4. The number of nitrogens with zero attached hydrogens (tertiary/aromatic N) is 2. The predicted octanol–water partition coefficient (Wildman–Crippen LogP) is 1.88. The number of carboxylic acids is 1. The lowest BCUT2D eigenvalue weighted by Crippen LogP contribution is -1.97. The highest BCUT2D eigenvalue weighted by atomic mass is 16.4. The van der Waals surface area contributed by atoms with Crippen LogP contribution in [0.5, 0.6) is 0 Å². The van der Waals surface area contributed by atoms with Gasteiger partial charge in [0, 0.05) is 18.7 Å². The van der Waals surface area contributed by atoms with Crippen LogP contribution in [0.1, 0.15) is 10.4 Å². The van der Waals surface area contributed by atoms with Crippen molar-refractivity contribution in [2.75, 3.05) is 12.4 Å². The van der Waals surface area contributed by atoms with E-state index in [0.717, 1.165) is 5.56 Å². The van der Waals surface area contributed by atoms with E-state index in [2.05, 4.69) is 15.3 Å². The number of aromatic nitrogens is 2. The zero-order chi connectivity index (χ0) is 12.3. The second-order valence-electron chi connectivity index (χ2n) is 3.42. The van der Waals surface area contributed by atoms with Crippen LogP contribution in [0.3, 0.4) is 0 Å². The third-order valence-corrected chi connectivity index (χ3v) is 2.33. The summed E-state index contributed by atoms with van der Waals surface area (Å²) in [6.07, 6.45) is 1.44. The van der Waals surface area contributed by atoms with Crippen molar-refractivity contribution in [1.29, 1.82) is 0 Å². The molecule has 2 aromatic rings. The van der Waals surface area contributed by atoms with Gasteiger partial charge in [0.1, 0.15) is 12.1 Å². The van der Waals surface area contributed by atoms with Crippen molar-refractivity contribution < 1.29 is 9.90 Å². The summed E-state index contributed by atoms with van der Waals surface area (Å²) in [7, 11) is 1.76. The summed E-state index contributed by atoms with van der Waals surface area (Å²) in [4.78, 5) is 19.0. The molecule has 0 atom stereocenters. The molecular weight excluding hydrogens is 218 g/mol. The number of anilines is 1. The lowest BCUT2D eigenvalue weighted by atomic mass is 10.1. The number of carboxylic acid groups (broad SMARTS) is 1. The van der Waals surface area contributed by atoms with Crippen LogP contribution in [-0.4, -0.2) is 28.1 Å². The summed E-state index contributed by atoms with van der Waals surface area (Å²) in [5.41, 5.74) is 1.68. The molecule has 0 amide bonds. The lowest BCUT2D eigenvalue weighted by molar-refractivity contribution is 0.0697. The highest BCUT2D eigenvalue weighted by molar-refractivity contribution is 5.89. The van der Waals surface area contributed by atoms with E-state index in [4.69, 9.17) is 5.11 Å². The minimum absolute atomic E-state index is 0.243. The van der Waals surface area contributed by atoms with Gasteiger partial charge in [0.25, 0.3) is 0 Å². The van der Waals surface area contributed by atoms with E-state index in [1.807, 2.05) is 6.07 Å². The standard InChI is InChI=1S/C12H11N3O2/c1-13-11-6-10(14-7-15-11)8-3-2-4-9(5-8)12(16)17/h2-7H,1H3,(H,16,17)(H,13,14,15). The van der Waals surface area contributed by atoms with Gasteiger partial charge < -0.3 is 10.4 Å². The molecular formula is C12H11N3O2. The summed E-state index contributed by atoms with van der Waals surface area (Å²) in [5.74, 6) is -0.259. The summed E-state index contributed by atoms with van der Waals surface area (Å²) >= 11 is 0. The fourth-order valence-corrected chi connectivity index (χ4v) is 1.46. The van der Waals surface area contributed by atoms with E-state index in [1.165, 1.54) is 6.33 Å². The van der Waals surface area contributed by atoms with Gasteiger partial charge in [-0.3, -0.25) is 0 Å². The van der Waals surface area contributed by atoms with Gasteiger partial charge in [-0.1, -0.05) is 12.1 Å². The molecule has 0 unspecified atom stereocenters. The maximum absolute atomic E-state index is 10.9. The molecule has 0 aliphatic carbocycles. The summed E-state index contributed by atoms with van der Waals surface area (Å²) in [6, 6.07) is 8.41. The Morgan fingerprint density at radius 1 is 1.29 bits per heavy atom. The zero-order valence-corrected chi connectivity index (χ0v) is 9.21. The smallest absolute Gasteiger partial charge is 0.335 e. The van der Waals surface area contributed by atoms with Crippen LogP contribution >= 0.6 is 0 Å². The van der Waals surface area contributed by atoms with Gasteiger partial charge in [-0.2, -0.15) is 0 Å². The molecule has 0 saturated carbocycles. The topological polar surface area (TPSA) is 75.1 Å². The molecule has 2 rings (SSSR count). The predicted molar refractivity (Wildman–Crippen MR) is 64.0 cm³/mol. The van der Waals surface area contributed by atoms with Gasteiger partial charge in [0.05, 0.1) is 11.3 Å². The SMILES string of the molecule is CNc1cc(-c2cccc(C(=O)O)c2)ncn1. The molecule has 5 nitrogen and oxygen atoms in total. The quantitative estimate of drug-likeness (QED) is 0.840. The maximum atomic E-state index is 10.9. The average Bonchev–Trinajstić information content (AvgIpc) is 2.39. The first-order valence-corrected chi connectivity index (χ1v) is 5.04. The largest absolute Gasteiger partial charge is 0.478 e. The molecule has 17 heavy (non-hydrogen) atoms.